The molecule has 3 rings (SSSR count). The highest BCUT2D eigenvalue weighted by Crippen LogP contribution is 2.33. The Labute approximate surface area is 160 Å². The number of ether oxygens (including phenoxy) is 1. The van der Waals surface area contributed by atoms with Gasteiger partial charge < -0.3 is 15.0 Å². The number of halogens is 1. The SMILES string of the molecule is COC(=O)c1c(N)c(C#N)cn1-c1ccccc1SCc1ccccc1F. The van der Waals surface area contributed by atoms with E-state index >= 15 is 0 Å². The van der Waals surface area contributed by atoms with Gasteiger partial charge in [-0.05, 0) is 23.8 Å². The quantitative estimate of drug-likeness (QED) is 0.530. The van der Waals surface area contributed by atoms with Gasteiger partial charge in [0.15, 0.2) is 5.69 Å². The number of nitriles is 1. The molecule has 0 fully saturated rings. The molecular formula is C20H16FN3O2S. The summed E-state index contributed by atoms with van der Waals surface area (Å²) in [7, 11) is 1.25. The zero-order valence-electron chi connectivity index (χ0n) is 14.5. The Morgan fingerprint density at radius 2 is 1.96 bits per heavy atom. The molecule has 0 saturated heterocycles. The molecule has 136 valence electrons. The van der Waals surface area contributed by atoms with Crippen LogP contribution in [0.5, 0.6) is 0 Å². The van der Waals surface area contributed by atoms with E-state index in [-0.39, 0.29) is 22.8 Å². The maximum absolute atomic E-state index is 13.9. The molecule has 0 aliphatic carbocycles. The number of nitrogens with two attached hydrogens (primary N) is 1. The van der Waals surface area contributed by atoms with Gasteiger partial charge in [0.05, 0.1) is 24.0 Å². The van der Waals surface area contributed by atoms with Crippen molar-refractivity contribution in [1.82, 2.24) is 4.57 Å². The Morgan fingerprint density at radius 1 is 1.26 bits per heavy atom. The molecule has 0 saturated carbocycles. The van der Waals surface area contributed by atoms with Gasteiger partial charge >= 0.3 is 5.97 Å². The fourth-order valence-corrected chi connectivity index (χ4v) is 3.69. The summed E-state index contributed by atoms with van der Waals surface area (Å²) in [5.41, 5.74) is 7.54. The molecule has 0 amide bonds. The number of nitrogen functional groups attached to an aromatic ring is 1. The second kappa shape index (κ2) is 7.98. The standard InChI is InChI=1S/C20H16FN3O2S/c1-26-20(25)19-18(23)14(10-22)11-24(19)16-8-4-5-9-17(16)27-12-13-6-2-3-7-15(13)21/h2-9,11H,12,23H2,1H3. The number of rotatable bonds is 5. The first-order valence-corrected chi connectivity index (χ1v) is 9.00. The second-order valence-corrected chi connectivity index (χ2v) is 6.64. The zero-order valence-corrected chi connectivity index (χ0v) is 15.3. The van der Waals surface area contributed by atoms with E-state index in [0.29, 0.717) is 17.0 Å². The number of carbonyl (C=O) groups is 1. The van der Waals surface area contributed by atoms with Gasteiger partial charge in [0, 0.05) is 16.8 Å². The van der Waals surface area contributed by atoms with Crippen molar-refractivity contribution in [2.45, 2.75) is 10.6 Å². The van der Waals surface area contributed by atoms with Crippen molar-refractivity contribution in [3.8, 4) is 11.8 Å². The lowest BCUT2D eigenvalue weighted by molar-refractivity contribution is 0.0593. The number of thioether (sulfide) groups is 1. The molecule has 3 aromatic rings. The Balaban J connectivity index is 2.03. The van der Waals surface area contributed by atoms with E-state index in [9.17, 15) is 14.4 Å². The first kappa shape index (κ1) is 18.5. The molecule has 7 heteroatoms. The zero-order chi connectivity index (χ0) is 19.4. The smallest absolute Gasteiger partial charge is 0.357 e. The minimum Gasteiger partial charge on any atom is -0.464 e. The topological polar surface area (TPSA) is 81.0 Å². The van der Waals surface area contributed by atoms with E-state index in [2.05, 4.69) is 0 Å². The summed E-state index contributed by atoms with van der Waals surface area (Å²) in [4.78, 5) is 13.0. The number of esters is 1. The van der Waals surface area contributed by atoms with Crippen molar-refractivity contribution in [2.75, 3.05) is 12.8 Å². The molecule has 2 aromatic carbocycles. The third-order valence-electron chi connectivity index (χ3n) is 4.01. The van der Waals surface area contributed by atoms with E-state index < -0.39 is 5.97 Å². The third kappa shape index (κ3) is 3.66. The van der Waals surface area contributed by atoms with Gasteiger partial charge in [-0.15, -0.1) is 11.8 Å². The van der Waals surface area contributed by atoms with Crippen LogP contribution in [0.1, 0.15) is 21.6 Å². The Bertz CT molecular complexity index is 1040. The van der Waals surface area contributed by atoms with Gasteiger partial charge in [-0.25, -0.2) is 9.18 Å². The van der Waals surface area contributed by atoms with Crippen LogP contribution in [-0.4, -0.2) is 17.6 Å². The first-order valence-electron chi connectivity index (χ1n) is 8.01. The van der Waals surface area contributed by atoms with E-state index in [4.69, 9.17) is 10.5 Å². The first-order chi connectivity index (χ1) is 13.1. The summed E-state index contributed by atoms with van der Waals surface area (Å²) < 4.78 is 20.3. The van der Waals surface area contributed by atoms with Crippen molar-refractivity contribution in [3.63, 3.8) is 0 Å². The van der Waals surface area contributed by atoms with Crippen LogP contribution in [0.15, 0.2) is 59.6 Å². The second-order valence-electron chi connectivity index (χ2n) is 5.63. The minimum absolute atomic E-state index is 0.0678. The normalized spacial score (nSPS) is 10.4. The van der Waals surface area contributed by atoms with Crippen LogP contribution >= 0.6 is 11.8 Å². The number of hydrogen-bond donors (Lipinski definition) is 1. The number of carbonyl (C=O) groups excluding carboxylic acids is 1. The van der Waals surface area contributed by atoms with Gasteiger partial charge in [0.2, 0.25) is 0 Å². The Morgan fingerprint density at radius 3 is 2.67 bits per heavy atom. The predicted octanol–water partition coefficient (Wildman–Crippen LogP) is 4.15. The number of methoxy groups -OCH3 is 1. The molecule has 1 aromatic heterocycles. The van der Waals surface area contributed by atoms with Gasteiger partial charge in [0.1, 0.15) is 11.9 Å². The number of benzene rings is 2. The molecule has 2 N–H and O–H groups in total. The van der Waals surface area contributed by atoms with Gasteiger partial charge in [-0.3, -0.25) is 0 Å². The van der Waals surface area contributed by atoms with Crippen LogP contribution in [0.25, 0.3) is 5.69 Å². The average molecular weight is 381 g/mol. The van der Waals surface area contributed by atoms with Crippen molar-refractivity contribution in [1.29, 1.82) is 5.26 Å². The predicted molar refractivity (Wildman–Crippen MR) is 102 cm³/mol. The van der Waals surface area contributed by atoms with Crippen molar-refractivity contribution >= 4 is 23.4 Å². The molecule has 0 bridgehead atoms. The lowest BCUT2D eigenvalue weighted by Crippen LogP contribution is -2.11. The molecule has 0 aliphatic heterocycles. The number of hydrogen-bond acceptors (Lipinski definition) is 5. The number of para-hydroxylation sites is 1. The van der Waals surface area contributed by atoms with Crippen LogP contribution < -0.4 is 5.73 Å². The van der Waals surface area contributed by atoms with E-state index in [0.717, 1.165) is 4.90 Å². The highest BCUT2D eigenvalue weighted by molar-refractivity contribution is 7.98. The third-order valence-corrected chi connectivity index (χ3v) is 5.12. The summed E-state index contributed by atoms with van der Waals surface area (Å²) in [5, 5.41) is 9.27. The Hall–Kier alpha value is -3.24. The number of anilines is 1. The van der Waals surface area contributed by atoms with Gasteiger partial charge in [0.25, 0.3) is 0 Å². The van der Waals surface area contributed by atoms with Crippen LogP contribution in [0.4, 0.5) is 10.1 Å². The molecule has 0 atom stereocenters. The van der Waals surface area contributed by atoms with E-state index in [1.165, 1.54) is 31.1 Å². The van der Waals surface area contributed by atoms with Crippen LogP contribution in [0.2, 0.25) is 0 Å². The fraction of sp³-hybridized carbons (Fsp3) is 0.100. The van der Waals surface area contributed by atoms with E-state index in [1.807, 2.05) is 24.3 Å². The van der Waals surface area contributed by atoms with Crippen LogP contribution in [0, 0.1) is 17.1 Å². The Kier molecular flexibility index (Phi) is 5.48. The molecule has 0 aliphatic rings. The van der Waals surface area contributed by atoms with Gasteiger partial charge in [-0.2, -0.15) is 5.26 Å². The highest BCUT2D eigenvalue weighted by atomic mass is 32.2. The summed E-state index contributed by atoms with van der Waals surface area (Å²) >= 11 is 1.42. The maximum atomic E-state index is 13.9. The largest absolute Gasteiger partial charge is 0.464 e. The summed E-state index contributed by atoms with van der Waals surface area (Å²) in [6, 6.07) is 15.9. The summed E-state index contributed by atoms with van der Waals surface area (Å²) in [6.07, 6.45) is 1.50. The number of aromatic nitrogens is 1. The lowest BCUT2D eigenvalue weighted by Gasteiger charge is -2.13. The molecule has 5 nitrogen and oxygen atoms in total. The molecule has 27 heavy (non-hydrogen) atoms. The molecular weight excluding hydrogens is 365 g/mol. The van der Waals surface area contributed by atoms with Crippen molar-refractivity contribution < 1.29 is 13.9 Å². The van der Waals surface area contributed by atoms with E-state index in [1.54, 1.807) is 28.8 Å². The minimum atomic E-state index is -0.636. The monoisotopic (exact) mass is 381 g/mol. The summed E-state index contributed by atoms with van der Waals surface area (Å²) in [5.74, 6) is -0.489. The molecule has 0 unspecified atom stereocenters. The maximum Gasteiger partial charge on any atom is 0.357 e. The molecule has 1 heterocycles. The summed E-state index contributed by atoms with van der Waals surface area (Å²) in [6.45, 7) is 0. The number of nitrogens with zero attached hydrogens (tertiary/aromatic N) is 2. The van der Waals surface area contributed by atoms with Gasteiger partial charge in [-0.1, -0.05) is 30.3 Å². The average Bonchev–Trinajstić information content (AvgIpc) is 3.03. The van der Waals surface area contributed by atoms with Crippen LogP contribution in [-0.2, 0) is 10.5 Å². The highest BCUT2D eigenvalue weighted by Gasteiger charge is 2.23. The van der Waals surface area contributed by atoms with Crippen LogP contribution in [0.3, 0.4) is 0 Å². The fourth-order valence-electron chi connectivity index (χ4n) is 2.65. The molecule has 0 spiro atoms. The van der Waals surface area contributed by atoms with Crippen molar-refractivity contribution in [3.05, 3.63) is 77.4 Å². The van der Waals surface area contributed by atoms with Crippen molar-refractivity contribution in [2.24, 2.45) is 0 Å². The lowest BCUT2D eigenvalue weighted by atomic mass is 10.2. The molecule has 0 radical (unpaired) electrons.